The summed E-state index contributed by atoms with van der Waals surface area (Å²) in [5, 5.41) is 12.2. The van der Waals surface area contributed by atoms with Gasteiger partial charge in [-0.15, -0.1) is 0 Å². The summed E-state index contributed by atoms with van der Waals surface area (Å²) >= 11 is 0. The monoisotopic (exact) mass is 277 g/mol. The number of aliphatic hydroxyl groups is 1. The molecule has 1 aromatic carbocycles. The smallest absolute Gasteiger partial charge is 0.258 e. The summed E-state index contributed by atoms with van der Waals surface area (Å²) in [4.78, 5) is 11.9. The van der Waals surface area contributed by atoms with Crippen LogP contribution < -0.4 is 10.1 Å². The lowest BCUT2D eigenvalue weighted by molar-refractivity contribution is -0.127. The van der Waals surface area contributed by atoms with Gasteiger partial charge in [0.05, 0.1) is 12.1 Å². The molecule has 1 aliphatic rings. The molecular weight excluding hydrogens is 254 g/mol. The van der Waals surface area contributed by atoms with E-state index in [1.165, 1.54) is 5.56 Å². The molecule has 1 saturated carbocycles. The molecule has 110 valence electrons. The Morgan fingerprint density at radius 2 is 1.90 bits per heavy atom. The van der Waals surface area contributed by atoms with Gasteiger partial charge in [0.1, 0.15) is 5.75 Å². The van der Waals surface area contributed by atoms with Crippen molar-refractivity contribution in [1.29, 1.82) is 0 Å². The summed E-state index contributed by atoms with van der Waals surface area (Å²) in [7, 11) is 0. The zero-order chi connectivity index (χ0) is 14.8. The van der Waals surface area contributed by atoms with Gasteiger partial charge in [0.2, 0.25) is 0 Å². The van der Waals surface area contributed by atoms with Gasteiger partial charge in [-0.3, -0.25) is 4.79 Å². The van der Waals surface area contributed by atoms with Gasteiger partial charge in [-0.2, -0.15) is 0 Å². The van der Waals surface area contributed by atoms with Crippen molar-refractivity contribution < 1.29 is 14.6 Å². The fourth-order valence-electron chi connectivity index (χ4n) is 2.79. The second-order valence-corrected chi connectivity index (χ2v) is 5.86. The number of carbonyl (C=O) groups excluding carboxylic acids is 1. The van der Waals surface area contributed by atoms with E-state index in [1.54, 1.807) is 0 Å². The third-order valence-corrected chi connectivity index (χ3v) is 3.97. The molecule has 0 bridgehead atoms. The molecule has 0 aliphatic heterocycles. The van der Waals surface area contributed by atoms with Crippen LogP contribution in [0.15, 0.2) is 12.1 Å². The van der Waals surface area contributed by atoms with Gasteiger partial charge in [-0.05, 0) is 51.2 Å². The molecule has 1 amide bonds. The van der Waals surface area contributed by atoms with Gasteiger partial charge in [-0.25, -0.2) is 0 Å². The normalized spacial score (nSPS) is 16.4. The Morgan fingerprint density at radius 3 is 2.35 bits per heavy atom. The number of aryl methyl sites for hydroxylation is 3. The second kappa shape index (κ2) is 5.83. The first kappa shape index (κ1) is 14.9. The van der Waals surface area contributed by atoms with Crippen LogP contribution in [-0.4, -0.2) is 29.8 Å². The molecule has 2 N–H and O–H groups in total. The molecule has 4 heteroatoms. The molecule has 20 heavy (non-hydrogen) atoms. The second-order valence-electron chi connectivity index (χ2n) is 5.86. The van der Waals surface area contributed by atoms with Crippen LogP contribution in [0.25, 0.3) is 0 Å². The van der Waals surface area contributed by atoms with Crippen LogP contribution >= 0.6 is 0 Å². The molecule has 0 unspecified atom stereocenters. The van der Waals surface area contributed by atoms with Crippen LogP contribution in [0.5, 0.6) is 5.75 Å². The Labute approximate surface area is 120 Å². The molecular formula is C16H23NO3. The number of rotatable bonds is 5. The molecule has 1 fully saturated rings. The predicted octanol–water partition coefficient (Wildman–Crippen LogP) is 2.02. The SMILES string of the molecule is Cc1cc(C)c(OCC(=O)NC2(CO)CCC2)c(C)c1. The lowest BCUT2D eigenvalue weighted by atomic mass is 9.77. The molecule has 2 rings (SSSR count). The van der Waals surface area contributed by atoms with E-state index in [-0.39, 0.29) is 19.1 Å². The predicted molar refractivity (Wildman–Crippen MR) is 78.0 cm³/mol. The number of amides is 1. The number of ether oxygens (including phenoxy) is 1. The summed E-state index contributed by atoms with van der Waals surface area (Å²) in [5.74, 6) is 0.607. The van der Waals surface area contributed by atoms with Crippen LogP contribution in [0.1, 0.15) is 36.0 Å². The summed E-state index contributed by atoms with van der Waals surface area (Å²) in [6, 6.07) is 4.09. The third-order valence-electron chi connectivity index (χ3n) is 3.97. The molecule has 4 nitrogen and oxygen atoms in total. The van der Waals surface area contributed by atoms with Gasteiger partial charge in [0, 0.05) is 0 Å². The molecule has 0 spiro atoms. The van der Waals surface area contributed by atoms with Crippen LogP contribution in [0.2, 0.25) is 0 Å². The maximum atomic E-state index is 11.9. The largest absolute Gasteiger partial charge is 0.483 e. The number of hydrogen-bond donors (Lipinski definition) is 2. The quantitative estimate of drug-likeness (QED) is 0.865. The molecule has 0 aromatic heterocycles. The summed E-state index contributed by atoms with van der Waals surface area (Å²) in [6.45, 7) is 5.99. The number of aliphatic hydroxyl groups excluding tert-OH is 1. The Morgan fingerprint density at radius 1 is 1.30 bits per heavy atom. The zero-order valence-corrected chi connectivity index (χ0v) is 12.5. The highest BCUT2D eigenvalue weighted by molar-refractivity contribution is 5.78. The van der Waals surface area contributed by atoms with E-state index in [0.29, 0.717) is 0 Å². The van der Waals surface area contributed by atoms with Crippen molar-refractivity contribution in [3.05, 3.63) is 28.8 Å². The van der Waals surface area contributed by atoms with Crippen molar-refractivity contribution in [1.82, 2.24) is 5.32 Å². The van der Waals surface area contributed by atoms with Crippen LogP contribution in [0.3, 0.4) is 0 Å². The number of nitrogens with one attached hydrogen (secondary N) is 1. The maximum absolute atomic E-state index is 11.9. The van der Waals surface area contributed by atoms with E-state index in [1.807, 2.05) is 32.9 Å². The Hall–Kier alpha value is -1.55. The van der Waals surface area contributed by atoms with Crippen molar-refractivity contribution >= 4 is 5.91 Å². The van der Waals surface area contributed by atoms with Crippen molar-refractivity contribution in [2.75, 3.05) is 13.2 Å². The molecule has 0 radical (unpaired) electrons. The van der Waals surface area contributed by atoms with E-state index >= 15 is 0 Å². The molecule has 1 aromatic rings. The summed E-state index contributed by atoms with van der Waals surface area (Å²) in [5.41, 5.74) is 2.86. The molecule has 1 aliphatic carbocycles. The summed E-state index contributed by atoms with van der Waals surface area (Å²) in [6.07, 6.45) is 2.74. The van der Waals surface area contributed by atoms with Crippen LogP contribution in [-0.2, 0) is 4.79 Å². The van der Waals surface area contributed by atoms with E-state index < -0.39 is 5.54 Å². The molecule has 0 heterocycles. The Kier molecular flexibility index (Phi) is 4.33. The van der Waals surface area contributed by atoms with Gasteiger partial charge >= 0.3 is 0 Å². The van der Waals surface area contributed by atoms with Gasteiger partial charge < -0.3 is 15.2 Å². The average molecular weight is 277 g/mol. The molecule has 0 saturated heterocycles. The average Bonchev–Trinajstić information content (AvgIpc) is 2.32. The van der Waals surface area contributed by atoms with Crippen molar-refractivity contribution in [3.8, 4) is 5.75 Å². The third kappa shape index (κ3) is 3.12. The topological polar surface area (TPSA) is 58.6 Å². The van der Waals surface area contributed by atoms with Crippen molar-refractivity contribution in [3.63, 3.8) is 0 Å². The summed E-state index contributed by atoms with van der Waals surface area (Å²) < 4.78 is 5.65. The van der Waals surface area contributed by atoms with E-state index in [0.717, 1.165) is 36.1 Å². The first-order valence-corrected chi connectivity index (χ1v) is 7.08. The van der Waals surface area contributed by atoms with Gasteiger partial charge in [0.15, 0.2) is 6.61 Å². The van der Waals surface area contributed by atoms with E-state index in [9.17, 15) is 9.90 Å². The maximum Gasteiger partial charge on any atom is 0.258 e. The fraction of sp³-hybridized carbons (Fsp3) is 0.562. The van der Waals surface area contributed by atoms with Crippen LogP contribution in [0.4, 0.5) is 0 Å². The minimum atomic E-state index is -0.405. The molecule has 0 atom stereocenters. The number of benzene rings is 1. The van der Waals surface area contributed by atoms with E-state index in [2.05, 4.69) is 5.32 Å². The first-order valence-electron chi connectivity index (χ1n) is 7.08. The van der Waals surface area contributed by atoms with E-state index in [4.69, 9.17) is 4.74 Å². The Bertz CT molecular complexity index is 478. The number of carbonyl (C=O) groups is 1. The van der Waals surface area contributed by atoms with Gasteiger partial charge in [-0.1, -0.05) is 17.7 Å². The zero-order valence-electron chi connectivity index (χ0n) is 12.5. The highest BCUT2D eigenvalue weighted by Gasteiger charge is 2.37. The minimum absolute atomic E-state index is 0.00132. The number of hydrogen-bond acceptors (Lipinski definition) is 3. The van der Waals surface area contributed by atoms with Gasteiger partial charge in [0.25, 0.3) is 5.91 Å². The minimum Gasteiger partial charge on any atom is -0.483 e. The Balaban J connectivity index is 1.94. The van der Waals surface area contributed by atoms with Crippen LogP contribution in [0, 0.1) is 20.8 Å². The lowest BCUT2D eigenvalue weighted by Gasteiger charge is -2.40. The lowest BCUT2D eigenvalue weighted by Crippen LogP contribution is -2.57. The highest BCUT2D eigenvalue weighted by atomic mass is 16.5. The van der Waals surface area contributed by atoms with Crippen molar-refractivity contribution in [2.24, 2.45) is 0 Å². The van der Waals surface area contributed by atoms with Crippen molar-refractivity contribution in [2.45, 2.75) is 45.6 Å². The first-order chi connectivity index (χ1) is 9.46. The highest BCUT2D eigenvalue weighted by Crippen LogP contribution is 2.31. The standard InChI is InChI=1S/C16H23NO3/c1-11-7-12(2)15(13(3)8-11)20-9-14(19)17-16(10-18)5-4-6-16/h7-8,18H,4-6,9-10H2,1-3H3,(H,17,19). The fourth-order valence-corrected chi connectivity index (χ4v) is 2.79.